The van der Waals surface area contributed by atoms with E-state index in [0.29, 0.717) is 54.0 Å². The van der Waals surface area contributed by atoms with E-state index in [-0.39, 0.29) is 36.2 Å². The highest BCUT2D eigenvalue weighted by molar-refractivity contribution is 7.11. The zero-order valence-corrected chi connectivity index (χ0v) is 24.4. The van der Waals surface area contributed by atoms with E-state index in [1.807, 2.05) is 4.90 Å². The van der Waals surface area contributed by atoms with Crippen LogP contribution < -0.4 is 10.2 Å². The van der Waals surface area contributed by atoms with Crippen molar-refractivity contribution >= 4 is 40.8 Å². The van der Waals surface area contributed by atoms with E-state index in [1.54, 1.807) is 40.7 Å². The van der Waals surface area contributed by atoms with Gasteiger partial charge in [-0.05, 0) is 35.4 Å². The highest BCUT2D eigenvalue weighted by Gasteiger charge is 2.42. The lowest BCUT2D eigenvalue weighted by Gasteiger charge is -2.38. The smallest absolute Gasteiger partial charge is 0.338 e. The van der Waals surface area contributed by atoms with Crippen molar-refractivity contribution < 1.29 is 33.0 Å². The zero-order chi connectivity index (χ0) is 31.0. The van der Waals surface area contributed by atoms with Gasteiger partial charge in [0, 0.05) is 55.7 Å². The number of amidine groups is 1. The lowest BCUT2D eigenvalue weighted by Crippen LogP contribution is -2.53. The maximum atomic E-state index is 14.3. The van der Waals surface area contributed by atoms with E-state index < -0.39 is 29.6 Å². The number of amides is 2. The van der Waals surface area contributed by atoms with Crippen LogP contribution in [0.15, 0.2) is 70.3 Å². The van der Waals surface area contributed by atoms with Crippen LogP contribution in [0, 0.1) is 11.6 Å². The van der Waals surface area contributed by atoms with Crippen molar-refractivity contribution in [1.82, 2.24) is 20.1 Å². The van der Waals surface area contributed by atoms with Crippen molar-refractivity contribution in [2.24, 2.45) is 4.99 Å². The summed E-state index contributed by atoms with van der Waals surface area (Å²) < 4.78 is 33.2. The molecule has 2 amide bonds. The molecular formula is C30H28F2N6O5S. The van der Waals surface area contributed by atoms with Crippen molar-refractivity contribution in [3.8, 4) is 0 Å². The van der Waals surface area contributed by atoms with Gasteiger partial charge in [-0.2, -0.15) is 0 Å². The first-order valence-electron chi connectivity index (χ1n) is 13.8. The average Bonchev–Trinajstić information content (AvgIpc) is 3.66. The second kappa shape index (κ2) is 12.1. The van der Waals surface area contributed by atoms with E-state index in [0.717, 1.165) is 12.1 Å². The van der Waals surface area contributed by atoms with Gasteiger partial charge in [0.2, 0.25) is 0 Å². The second-order valence-corrected chi connectivity index (χ2v) is 11.5. The Balaban J connectivity index is 1.26. The average molecular weight is 623 g/mol. The number of urea groups is 1. The van der Waals surface area contributed by atoms with Crippen molar-refractivity contribution in [3.63, 3.8) is 0 Å². The van der Waals surface area contributed by atoms with Crippen molar-refractivity contribution in [2.45, 2.75) is 18.5 Å². The maximum absolute atomic E-state index is 14.3. The molecule has 3 aromatic rings. The molecule has 0 spiro atoms. The number of carbonyl (C=O) groups is 3. The number of nitrogens with zero attached hydrogens (tertiary/aromatic N) is 5. The van der Waals surface area contributed by atoms with Crippen LogP contribution in [0.4, 0.5) is 19.3 Å². The summed E-state index contributed by atoms with van der Waals surface area (Å²) in [5.74, 6) is -3.25. The normalized spacial score (nSPS) is 20.3. The molecule has 14 heteroatoms. The standard InChI is InChI=1S/C30H28F2N6O5S/c1-43-29(41)25-23(34-27(28-33-8-11-44-28)35-26(25)18-4-7-21(31)22(32)13-18)16-36-9-10-37-20(14-36)15-38(30(37)42)19-5-2-17(3-6-19)12-24(39)40/h2-8,11,13,20,26H,9-10,12,14-16H2,1H3,(H,34,35)(H,39,40)/t20-,26-/m0/s1. The summed E-state index contributed by atoms with van der Waals surface area (Å²) in [5.41, 5.74) is 2.29. The van der Waals surface area contributed by atoms with E-state index in [1.165, 1.54) is 24.5 Å². The molecule has 4 heterocycles. The number of rotatable bonds is 8. The molecule has 2 aromatic carbocycles. The predicted octanol–water partition coefficient (Wildman–Crippen LogP) is 3.19. The Hall–Kier alpha value is -4.69. The number of thiazole rings is 1. The number of aromatic nitrogens is 1. The Morgan fingerprint density at radius 1 is 1.11 bits per heavy atom. The fraction of sp³-hybridized carbons (Fsp3) is 0.300. The molecule has 0 unspecified atom stereocenters. The number of nitrogens with one attached hydrogen (secondary N) is 1. The Bertz CT molecular complexity index is 1660. The Kier molecular flexibility index (Phi) is 8.10. The van der Waals surface area contributed by atoms with Crippen LogP contribution in [0.25, 0.3) is 0 Å². The minimum atomic E-state index is -1.05. The number of ether oxygens (including phenoxy) is 1. The van der Waals surface area contributed by atoms with E-state index in [9.17, 15) is 23.2 Å². The molecule has 2 saturated heterocycles. The molecule has 0 aliphatic carbocycles. The summed E-state index contributed by atoms with van der Waals surface area (Å²) in [7, 11) is 1.25. The Morgan fingerprint density at radius 3 is 2.59 bits per heavy atom. The number of aliphatic imine (C=N–C) groups is 1. The molecule has 2 N–H and O–H groups in total. The largest absolute Gasteiger partial charge is 0.481 e. The number of benzene rings is 2. The predicted molar refractivity (Wildman–Crippen MR) is 157 cm³/mol. The molecule has 228 valence electrons. The maximum Gasteiger partial charge on any atom is 0.338 e. The highest BCUT2D eigenvalue weighted by atomic mass is 32.1. The quantitative estimate of drug-likeness (QED) is 0.367. The van der Waals surface area contributed by atoms with Crippen LogP contribution >= 0.6 is 11.3 Å². The molecule has 1 aromatic heterocycles. The monoisotopic (exact) mass is 622 g/mol. The molecule has 0 bridgehead atoms. The lowest BCUT2D eigenvalue weighted by atomic mass is 9.95. The van der Waals surface area contributed by atoms with Gasteiger partial charge in [0.15, 0.2) is 22.5 Å². The van der Waals surface area contributed by atoms with Crippen LogP contribution in [0.5, 0.6) is 0 Å². The molecule has 6 rings (SSSR count). The number of fused-ring (bicyclic) bond motifs is 1. The first kappa shape index (κ1) is 29.4. The molecule has 2 fully saturated rings. The molecule has 2 atom stereocenters. The molecule has 3 aliphatic rings. The number of hydrogen-bond donors (Lipinski definition) is 2. The number of piperazine rings is 1. The summed E-state index contributed by atoms with van der Waals surface area (Å²) in [5, 5.41) is 14.6. The first-order chi connectivity index (χ1) is 21.2. The first-order valence-corrected chi connectivity index (χ1v) is 14.7. The summed E-state index contributed by atoms with van der Waals surface area (Å²) in [6.07, 6.45) is 1.53. The minimum absolute atomic E-state index is 0.0959. The van der Waals surface area contributed by atoms with Gasteiger partial charge in [-0.1, -0.05) is 18.2 Å². The van der Waals surface area contributed by atoms with Crippen LogP contribution in [0.2, 0.25) is 0 Å². The van der Waals surface area contributed by atoms with Gasteiger partial charge >= 0.3 is 18.0 Å². The van der Waals surface area contributed by atoms with Gasteiger partial charge < -0.3 is 20.1 Å². The number of anilines is 1. The number of halogens is 2. The third-order valence-electron chi connectivity index (χ3n) is 7.85. The van der Waals surface area contributed by atoms with Gasteiger partial charge in [0.05, 0.1) is 25.1 Å². The van der Waals surface area contributed by atoms with Crippen molar-refractivity contribution in [1.29, 1.82) is 0 Å². The molecule has 0 saturated carbocycles. The number of carboxylic acid groups (broad SMARTS) is 1. The SMILES string of the molecule is COC(=O)C1=C(CN2CCN3C(=O)N(c4ccc(CC(=O)O)cc4)C[C@@H]3C2)NC(c2nccs2)=N[C@H]1c1ccc(F)c(F)c1. The summed E-state index contributed by atoms with van der Waals surface area (Å²) >= 11 is 1.34. The number of aliphatic carboxylic acids is 1. The van der Waals surface area contributed by atoms with Gasteiger partial charge in [0.1, 0.15) is 6.04 Å². The zero-order valence-electron chi connectivity index (χ0n) is 23.6. The molecule has 3 aliphatic heterocycles. The Morgan fingerprint density at radius 2 is 1.91 bits per heavy atom. The summed E-state index contributed by atoms with van der Waals surface area (Å²) in [6, 6.07) is 9.13. The fourth-order valence-corrected chi connectivity index (χ4v) is 6.35. The molecule has 11 nitrogen and oxygen atoms in total. The molecular weight excluding hydrogens is 594 g/mol. The van der Waals surface area contributed by atoms with E-state index in [4.69, 9.17) is 9.84 Å². The second-order valence-electron chi connectivity index (χ2n) is 10.6. The van der Waals surface area contributed by atoms with Crippen LogP contribution in [-0.2, 0) is 20.7 Å². The number of carbonyl (C=O) groups excluding carboxylic acids is 2. The third-order valence-corrected chi connectivity index (χ3v) is 8.63. The van der Waals surface area contributed by atoms with Crippen molar-refractivity contribution in [2.75, 3.05) is 44.7 Å². The fourth-order valence-electron chi connectivity index (χ4n) is 5.77. The number of hydrogen-bond acceptors (Lipinski definition) is 9. The Labute approximate surface area is 255 Å². The van der Waals surface area contributed by atoms with Crippen LogP contribution in [-0.4, -0.2) is 89.6 Å². The topological polar surface area (TPSA) is 128 Å². The third kappa shape index (κ3) is 5.77. The van der Waals surface area contributed by atoms with E-state index >= 15 is 0 Å². The highest BCUT2D eigenvalue weighted by Crippen LogP contribution is 2.34. The van der Waals surface area contributed by atoms with Gasteiger partial charge in [-0.25, -0.2) is 23.4 Å². The minimum Gasteiger partial charge on any atom is -0.481 e. The summed E-state index contributed by atoms with van der Waals surface area (Å²) in [4.78, 5) is 52.1. The lowest BCUT2D eigenvalue weighted by molar-refractivity contribution is -0.137. The molecule has 0 radical (unpaired) electrons. The summed E-state index contributed by atoms with van der Waals surface area (Å²) in [6.45, 7) is 2.20. The number of carboxylic acids is 1. The van der Waals surface area contributed by atoms with Crippen molar-refractivity contribution in [3.05, 3.63) is 93.1 Å². The number of methoxy groups -OCH3 is 1. The van der Waals surface area contributed by atoms with Gasteiger partial charge in [0.25, 0.3) is 0 Å². The van der Waals surface area contributed by atoms with Crippen LogP contribution in [0.3, 0.4) is 0 Å². The number of esters is 1. The van der Waals surface area contributed by atoms with Gasteiger partial charge in [-0.3, -0.25) is 19.6 Å². The van der Waals surface area contributed by atoms with Gasteiger partial charge in [-0.15, -0.1) is 11.3 Å². The molecule has 44 heavy (non-hydrogen) atoms. The van der Waals surface area contributed by atoms with Crippen LogP contribution in [0.1, 0.15) is 22.2 Å². The van der Waals surface area contributed by atoms with E-state index in [2.05, 4.69) is 20.2 Å².